The molecule has 2 heterocycles. The van der Waals surface area contributed by atoms with Crippen LogP contribution in [0, 0.1) is 0 Å². The molecule has 6 nitrogen and oxygen atoms in total. The van der Waals surface area contributed by atoms with E-state index in [1.165, 1.54) is 32.1 Å². The van der Waals surface area contributed by atoms with Crippen molar-refractivity contribution in [3.05, 3.63) is 30.1 Å². The van der Waals surface area contributed by atoms with Crippen molar-refractivity contribution in [3.8, 4) is 0 Å². The highest BCUT2D eigenvalue weighted by molar-refractivity contribution is 5.00. The minimum Gasteiger partial charge on any atom is -0.317 e. The van der Waals surface area contributed by atoms with Crippen LogP contribution in [-0.4, -0.2) is 24.5 Å². The van der Waals surface area contributed by atoms with E-state index in [4.69, 9.17) is 5.10 Å². The standard InChI is InChI=1S/C15H24N6/c1-2-20-12-17-18-15(20)11-16-10-13-8-9-21(19-13)14-6-4-3-5-7-14/h8-9,12,14,16H,2-7,10-11H2,1H3. The maximum atomic E-state index is 4.71. The second-order valence-corrected chi connectivity index (χ2v) is 5.72. The van der Waals surface area contributed by atoms with Crippen molar-refractivity contribution >= 4 is 0 Å². The molecule has 1 aliphatic carbocycles. The van der Waals surface area contributed by atoms with Crippen LogP contribution in [0.4, 0.5) is 0 Å². The Balaban J connectivity index is 1.50. The molecule has 1 N–H and O–H groups in total. The Hall–Kier alpha value is -1.69. The Morgan fingerprint density at radius 2 is 2.10 bits per heavy atom. The van der Waals surface area contributed by atoms with Gasteiger partial charge in [-0.15, -0.1) is 10.2 Å². The van der Waals surface area contributed by atoms with Gasteiger partial charge in [0.25, 0.3) is 0 Å². The van der Waals surface area contributed by atoms with Gasteiger partial charge in [0, 0.05) is 19.3 Å². The highest BCUT2D eigenvalue weighted by Crippen LogP contribution is 2.27. The maximum Gasteiger partial charge on any atom is 0.146 e. The van der Waals surface area contributed by atoms with Gasteiger partial charge in [0.2, 0.25) is 0 Å². The lowest BCUT2D eigenvalue weighted by Gasteiger charge is -2.21. The first-order valence-corrected chi connectivity index (χ1v) is 7.98. The van der Waals surface area contributed by atoms with Crippen molar-refractivity contribution in [3.63, 3.8) is 0 Å². The molecule has 2 aromatic heterocycles. The molecule has 1 fully saturated rings. The van der Waals surface area contributed by atoms with Gasteiger partial charge >= 0.3 is 0 Å². The molecule has 0 spiro atoms. The Kier molecular flexibility index (Phi) is 4.65. The van der Waals surface area contributed by atoms with Crippen molar-refractivity contribution in [1.29, 1.82) is 0 Å². The number of hydrogen-bond acceptors (Lipinski definition) is 4. The van der Waals surface area contributed by atoms with E-state index in [0.29, 0.717) is 6.04 Å². The van der Waals surface area contributed by atoms with Gasteiger partial charge in [-0.25, -0.2) is 0 Å². The molecule has 0 unspecified atom stereocenters. The normalized spacial score (nSPS) is 16.4. The number of aromatic nitrogens is 5. The SMILES string of the molecule is CCn1cnnc1CNCc1ccn(C2CCCCC2)n1. The fourth-order valence-electron chi connectivity index (χ4n) is 3.00. The van der Waals surface area contributed by atoms with E-state index in [0.717, 1.165) is 31.2 Å². The first-order valence-electron chi connectivity index (χ1n) is 7.98. The molecular formula is C15H24N6. The molecule has 114 valence electrons. The van der Waals surface area contributed by atoms with Crippen LogP contribution in [0.5, 0.6) is 0 Å². The van der Waals surface area contributed by atoms with Gasteiger partial charge in [0.15, 0.2) is 0 Å². The van der Waals surface area contributed by atoms with Crippen molar-refractivity contribution in [2.45, 2.75) is 64.7 Å². The first-order chi connectivity index (χ1) is 10.4. The Bertz CT molecular complexity index is 552. The first kappa shape index (κ1) is 14.3. The van der Waals surface area contributed by atoms with Gasteiger partial charge in [0.1, 0.15) is 12.2 Å². The molecule has 21 heavy (non-hydrogen) atoms. The quantitative estimate of drug-likeness (QED) is 0.886. The zero-order valence-corrected chi connectivity index (χ0v) is 12.7. The third-order valence-corrected chi connectivity index (χ3v) is 4.24. The lowest BCUT2D eigenvalue weighted by Crippen LogP contribution is -2.18. The summed E-state index contributed by atoms with van der Waals surface area (Å²) >= 11 is 0. The largest absolute Gasteiger partial charge is 0.317 e. The Morgan fingerprint density at radius 1 is 1.24 bits per heavy atom. The molecule has 0 amide bonds. The van der Waals surface area contributed by atoms with E-state index >= 15 is 0 Å². The number of nitrogens with zero attached hydrogens (tertiary/aromatic N) is 5. The highest BCUT2D eigenvalue weighted by Gasteiger charge is 2.15. The van der Waals surface area contributed by atoms with Gasteiger partial charge < -0.3 is 9.88 Å². The Morgan fingerprint density at radius 3 is 2.90 bits per heavy atom. The minimum atomic E-state index is 0.607. The lowest BCUT2D eigenvalue weighted by atomic mass is 9.96. The van der Waals surface area contributed by atoms with E-state index in [1.54, 1.807) is 6.33 Å². The van der Waals surface area contributed by atoms with E-state index in [2.05, 4.69) is 39.4 Å². The lowest BCUT2D eigenvalue weighted by molar-refractivity contribution is 0.327. The van der Waals surface area contributed by atoms with Gasteiger partial charge in [-0.3, -0.25) is 4.68 Å². The van der Waals surface area contributed by atoms with Gasteiger partial charge in [-0.2, -0.15) is 5.10 Å². The molecule has 3 rings (SSSR count). The zero-order chi connectivity index (χ0) is 14.5. The molecular weight excluding hydrogens is 264 g/mol. The fraction of sp³-hybridized carbons (Fsp3) is 0.667. The Labute approximate surface area is 125 Å². The average molecular weight is 288 g/mol. The fourth-order valence-corrected chi connectivity index (χ4v) is 3.00. The van der Waals surface area contributed by atoms with Gasteiger partial charge in [-0.1, -0.05) is 19.3 Å². The van der Waals surface area contributed by atoms with Crippen LogP contribution in [0.3, 0.4) is 0 Å². The van der Waals surface area contributed by atoms with Crippen LogP contribution < -0.4 is 5.32 Å². The van der Waals surface area contributed by atoms with Crippen LogP contribution in [0.15, 0.2) is 18.6 Å². The van der Waals surface area contributed by atoms with Crippen LogP contribution >= 0.6 is 0 Å². The maximum absolute atomic E-state index is 4.71. The van der Waals surface area contributed by atoms with Gasteiger partial charge in [-0.05, 0) is 25.8 Å². The molecule has 0 atom stereocenters. The number of hydrogen-bond donors (Lipinski definition) is 1. The van der Waals surface area contributed by atoms with E-state index in [1.807, 2.05) is 4.57 Å². The summed E-state index contributed by atoms with van der Waals surface area (Å²) in [7, 11) is 0. The number of rotatable bonds is 6. The second-order valence-electron chi connectivity index (χ2n) is 5.72. The summed E-state index contributed by atoms with van der Waals surface area (Å²) in [6.07, 6.45) is 10.5. The molecule has 0 bridgehead atoms. The summed E-state index contributed by atoms with van der Waals surface area (Å²) in [6.45, 7) is 4.50. The molecule has 0 aliphatic heterocycles. The summed E-state index contributed by atoms with van der Waals surface area (Å²) in [5.74, 6) is 0.976. The second kappa shape index (κ2) is 6.85. The van der Waals surface area contributed by atoms with Crippen molar-refractivity contribution in [2.75, 3.05) is 0 Å². The average Bonchev–Trinajstić information content (AvgIpc) is 3.17. The third kappa shape index (κ3) is 3.50. The molecule has 2 aromatic rings. The molecule has 0 saturated heterocycles. The van der Waals surface area contributed by atoms with Crippen LogP contribution in [-0.2, 0) is 19.6 Å². The summed E-state index contributed by atoms with van der Waals surface area (Å²) in [4.78, 5) is 0. The topological polar surface area (TPSA) is 60.6 Å². The van der Waals surface area contributed by atoms with Crippen LogP contribution in [0.1, 0.15) is 56.6 Å². The summed E-state index contributed by atoms with van der Waals surface area (Å²) in [6, 6.07) is 2.72. The minimum absolute atomic E-state index is 0.607. The van der Waals surface area contributed by atoms with E-state index in [-0.39, 0.29) is 0 Å². The third-order valence-electron chi connectivity index (χ3n) is 4.24. The summed E-state index contributed by atoms with van der Waals surface area (Å²) in [5.41, 5.74) is 1.10. The number of aryl methyl sites for hydroxylation is 1. The zero-order valence-electron chi connectivity index (χ0n) is 12.7. The van der Waals surface area contributed by atoms with Crippen LogP contribution in [0.2, 0.25) is 0 Å². The molecule has 1 saturated carbocycles. The highest BCUT2D eigenvalue weighted by atomic mass is 15.3. The molecule has 6 heteroatoms. The monoisotopic (exact) mass is 288 g/mol. The van der Waals surface area contributed by atoms with E-state index in [9.17, 15) is 0 Å². The summed E-state index contributed by atoms with van der Waals surface area (Å²) in [5, 5.41) is 16.2. The summed E-state index contributed by atoms with van der Waals surface area (Å²) < 4.78 is 4.21. The van der Waals surface area contributed by atoms with Crippen molar-refractivity contribution in [2.24, 2.45) is 0 Å². The smallest absolute Gasteiger partial charge is 0.146 e. The molecule has 0 aromatic carbocycles. The number of nitrogens with one attached hydrogen (secondary N) is 1. The van der Waals surface area contributed by atoms with E-state index < -0.39 is 0 Å². The molecule has 1 aliphatic rings. The van der Waals surface area contributed by atoms with Gasteiger partial charge in [0.05, 0.1) is 18.3 Å². The van der Waals surface area contributed by atoms with Crippen LogP contribution in [0.25, 0.3) is 0 Å². The van der Waals surface area contributed by atoms with Crippen molar-refractivity contribution in [1.82, 2.24) is 29.9 Å². The molecule has 0 radical (unpaired) electrons. The predicted octanol–water partition coefficient (Wildman–Crippen LogP) is 2.29. The van der Waals surface area contributed by atoms with Crippen molar-refractivity contribution < 1.29 is 0 Å². The predicted molar refractivity (Wildman–Crippen MR) is 80.6 cm³/mol.